The van der Waals surface area contributed by atoms with Gasteiger partial charge in [0, 0.05) is 60.1 Å². The van der Waals surface area contributed by atoms with Crippen LogP contribution in [0, 0.1) is 36.0 Å². The van der Waals surface area contributed by atoms with Crippen molar-refractivity contribution in [2.45, 2.75) is 13.8 Å². The van der Waals surface area contributed by atoms with Crippen molar-refractivity contribution in [2.24, 2.45) is 0 Å². The molecule has 4 aromatic carbocycles. The zero-order valence-corrected chi connectivity index (χ0v) is 28.0. The van der Waals surface area contributed by atoms with E-state index in [-0.39, 0.29) is 0 Å². The van der Waals surface area contributed by atoms with Crippen molar-refractivity contribution in [1.82, 2.24) is 4.98 Å². The summed E-state index contributed by atoms with van der Waals surface area (Å²) < 4.78 is 5.77. The Morgan fingerprint density at radius 3 is 1.22 bits per heavy atom. The summed E-state index contributed by atoms with van der Waals surface area (Å²) in [5, 5.41) is 14.6. The van der Waals surface area contributed by atoms with E-state index in [1.165, 1.54) is 13.8 Å². The molecule has 8 nitrogen and oxygen atoms in total. The minimum atomic E-state index is 0.734. The third-order valence-corrected chi connectivity index (χ3v) is 6.83. The van der Waals surface area contributed by atoms with Crippen molar-refractivity contribution in [3.63, 3.8) is 0 Å². The van der Waals surface area contributed by atoms with Gasteiger partial charge in [-0.3, -0.25) is 0 Å². The average Bonchev–Trinajstić information content (AvgIpc) is 3.70. The first kappa shape index (κ1) is 33.8. The zero-order valence-electron chi connectivity index (χ0n) is 25.5. The van der Waals surface area contributed by atoms with Crippen LogP contribution >= 0.6 is 9.69 Å². The van der Waals surface area contributed by atoms with Gasteiger partial charge in [-0.15, -0.1) is 13.3 Å². The predicted octanol–water partition coefficient (Wildman–Crippen LogP) is 9.66. The van der Waals surface area contributed by atoms with Crippen LogP contribution in [-0.4, -0.2) is 12.1 Å². The summed E-state index contributed by atoms with van der Waals surface area (Å²) in [6, 6.07) is 44.9. The van der Waals surface area contributed by atoms with E-state index in [1.807, 2.05) is 41.6 Å². The molecular weight excluding hydrogens is 683 g/mol. The van der Waals surface area contributed by atoms with E-state index in [2.05, 4.69) is 140 Å². The number of fused-ring (bicyclic) bond motifs is 2. The van der Waals surface area contributed by atoms with Gasteiger partial charge in [-0.2, -0.15) is 10.5 Å². The SMILES string of the molecule is CC#N.CC#N.COc1cc(N2[CH-]N(c3ccccc3)c3ccccc32)nc(N2[CH-]N(c3ccccc3)c3ccccc32)c1.[Cl][Ru+2]. The molecule has 0 atom stereocenters. The van der Waals surface area contributed by atoms with E-state index in [0.29, 0.717) is 0 Å². The van der Waals surface area contributed by atoms with Crippen LogP contribution < -0.4 is 24.3 Å². The number of pyridine rings is 1. The molecule has 2 aliphatic rings. The number of benzene rings is 4. The number of para-hydroxylation sites is 6. The standard InChI is InChI=1S/C32H25N5O.2C2H3N.ClH.Ru/c1-38-26-20-31(36-22-34(24-12-4-2-5-13-24)27-16-8-10-18-29(27)36)33-32(21-26)37-23-35(25-14-6-3-7-15-25)28-17-9-11-19-30(28)37;2*1-2-3;;/h2-23H,1H3;2*1H3;1H;/q-2;;;;+3/p-1. The Hall–Kier alpha value is -5.08. The Kier molecular flexibility index (Phi) is 12.4. The molecule has 0 radical (unpaired) electrons. The zero-order chi connectivity index (χ0) is 32.9. The quantitative estimate of drug-likeness (QED) is 0.132. The van der Waals surface area contributed by atoms with E-state index in [1.54, 1.807) is 19.2 Å². The Morgan fingerprint density at radius 1 is 0.587 bits per heavy atom. The van der Waals surface area contributed by atoms with Crippen LogP contribution in [0.1, 0.15) is 13.8 Å². The molecule has 1 aromatic heterocycles. The number of rotatable bonds is 5. The van der Waals surface area contributed by atoms with Crippen molar-refractivity contribution in [3.8, 4) is 17.9 Å². The molecule has 0 bridgehead atoms. The first-order valence-electron chi connectivity index (χ1n) is 14.1. The van der Waals surface area contributed by atoms with E-state index < -0.39 is 0 Å². The third kappa shape index (κ3) is 7.41. The second kappa shape index (κ2) is 16.8. The molecular formula is C36H31ClN7ORu. The normalized spacial score (nSPS) is 12.0. The Labute approximate surface area is 285 Å². The van der Waals surface area contributed by atoms with Crippen LogP contribution in [-0.2, 0) is 17.3 Å². The number of halogens is 1. The van der Waals surface area contributed by atoms with Gasteiger partial charge in [0.1, 0.15) is 17.4 Å². The van der Waals surface area contributed by atoms with Gasteiger partial charge in [0.15, 0.2) is 0 Å². The molecule has 7 rings (SSSR count). The Morgan fingerprint density at radius 2 is 0.891 bits per heavy atom. The summed E-state index contributed by atoms with van der Waals surface area (Å²) in [6.07, 6.45) is 0. The topological polar surface area (TPSA) is 82.7 Å². The molecule has 0 saturated carbocycles. The molecule has 0 aliphatic carbocycles. The Bertz CT molecular complexity index is 1670. The molecule has 5 aromatic rings. The molecule has 231 valence electrons. The van der Waals surface area contributed by atoms with Gasteiger partial charge in [-0.05, 0) is 48.5 Å². The van der Waals surface area contributed by atoms with Gasteiger partial charge in [0.25, 0.3) is 0 Å². The van der Waals surface area contributed by atoms with E-state index in [0.717, 1.165) is 51.5 Å². The summed E-state index contributed by atoms with van der Waals surface area (Å²) >= 11 is 1.82. The number of methoxy groups -OCH3 is 1. The van der Waals surface area contributed by atoms with Crippen molar-refractivity contribution in [3.05, 3.63) is 135 Å². The van der Waals surface area contributed by atoms with Gasteiger partial charge in [0.2, 0.25) is 0 Å². The Balaban J connectivity index is 0.000000550. The molecule has 10 heteroatoms. The molecule has 0 saturated heterocycles. The fourth-order valence-corrected chi connectivity index (χ4v) is 5.02. The molecule has 2 aliphatic heterocycles. The summed E-state index contributed by atoms with van der Waals surface area (Å²) in [5.74, 6) is 2.28. The second-order valence-corrected chi connectivity index (χ2v) is 9.53. The molecule has 0 amide bonds. The van der Waals surface area contributed by atoms with Crippen LogP contribution in [0.15, 0.2) is 121 Å². The molecule has 0 unspecified atom stereocenters. The van der Waals surface area contributed by atoms with E-state index >= 15 is 0 Å². The van der Waals surface area contributed by atoms with E-state index in [9.17, 15) is 0 Å². The van der Waals surface area contributed by atoms with Crippen molar-refractivity contribution < 1.29 is 22.0 Å². The maximum absolute atomic E-state index is 7.32. The predicted molar refractivity (Wildman–Crippen MR) is 182 cm³/mol. The average molecular weight is 714 g/mol. The molecule has 0 spiro atoms. The van der Waals surface area contributed by atoms with Crippen LogP contribution in [0.3, 0.4) is 0 Å². The molecule has 46 heavy (non-hydrogen) atoms. The third-order valence-electron chi connectivity index (χ3n) is 6.83. The molecule has 0 fully saturated rings. The number of anilines is 8. The fraction of sp³-hybridized carbons (Fsp3) is 0.0833. The first-order chi connectivity index (χ1) is 22.6. The van der Waals surface area contributed by atoms with Crippen LogP contribution in [0.5, 0.6) is 5.75 Å². The first-order valence-corrected chi connectivity index (χ1v) is 16.3. The van der Waals surface area contributed by atoms with Gasteiger partial charge >= 0.3 is 27.0 Å². The van der Waals surface area contributed by atoms with Gasteiger partial charge in [-0.1, -0.05) is 60.7 Å². The van der Waals surface area contributed by atoms with Gasteiger partial charge < -0.3 is 24.3 Å². The number of aromatic nitrogens is 1. The monoisotopic (exact) mass is 714 g/mol. The summed E-state index contributed by atoms with van der Waals surface area (Å²) in [4.78, 5) is 13.8. The number of hydrogen-bond acceptors (Lipinski definition) is 8. The van der Waals surface area contributed by atoms with E-state index in [4.69, 9.17) is 20.2 Å². The van der Waals surface area contributed by atoms with Gasteiger partial charge in [0.05, 0.1) is 19.2 Å². The fourth-order valence-electron chi connectivity index (χ4n) is 5.02. The second-order valence-electron chi connectivity index (χ2n) is 9.53. The summed E-state index contributed by atoms with van der Waals surface area (Å²) in [5.41, 5.74) is 6.48. The number of hydrogen-bond donors (Lipinski definition) is 0. The minimum absolute atomic E-state index is 0.734. The number of nitrogens with zero attached hydrogens (tertiary/aromatic N) is 7. The van der Waals surface area contributed by atoms with Crippen molar-refractivity contribution in [2.75, 3.05) is 26.7 Å². The maximum atomic E-state index is 7.32. The summed E-state index contributed by atoms with van der Waals surface area (Å²) in [6.45, 7) is 7.03. The molecule has 3 heterocycles. The van der Waals surface area contributed by atoms with Crippen LogP contribution in [0.2, 0.25) is 0 Å². The van der Waals surface area contributed by atoms with Crippen LogP contribution in [0.25, 0.3) is 0 Å². The van der Waals surface area contributed by atoms with Gasteiger partial charge in [-0.25, -0.2) is 4.98 Å². The summed E-state index contributed by atoms with van der Waals surface area (Å²) in [7, 11) is 6.26. The number of nitriles is 2. The molecule has 0 N–H and O–H groups in total. The van der Waals surface area contributed by atoms with Crippen molar-refractivity contribution in [1.29, 1.82) is 10.5 Å². The number of ether oxygens (including phenoxy) is 1. The van der Waals surface area contributed by atoms with Crippen molar-refractivity contribution >= 4 is 55.5 Å². The van der Waals surface area contributed by atoms with Crippen LogP contribution in [0.4, 0.5) is 45.8 Å².